The van der Waals surface area contributed by atoms with Crippen molar-refractivity contribution in [2.24, 2.45) is 0 Å². The van der Waals surface area contributed by atoms with Crippen molar-refractivity contribution in [3.8, 4) is 0 Å². The number of nitrogens with one attached hydrogen (secondary N) is 1. The lowest BCUT2D eigenvalue weighted by Gasteiger charge is -2.44. The average molecular weight is 392 g/mol. The van der Waals surface area contributed by atoms with E-state index in [9.17, 15) is 4.79 Å². The maximum absolute atomic E-state index is 13.4. The summed E-state index contributed by atoms with van der Waals surface area (Å²) in [7, 11) is 3.94. The number of piperidine rings is 1. The second kappa shape index (κ2) is 9.40. The van der Waals surface area contributed by atoms with Crippen LogP contribution in [0.4, 0.5) is 0 Å². The quantitative estimate of drug-likeness (QED) is 0.787. The highest BCUT2D eigenvalue weighted by atomic mass is 35.5. The van der Waals surface area contributed by atoms with Crippen LogP contribution in [0.1, 0.15) is 63.0 Å². The zero-order chi connectivity index (χ0) is 19.3. The Labute approximate surface area is 169 Å². The molecule has 0 spiro atoms. The number of carbonyl (C=O) groups is 1. The first-order valence-corrected chi connectivity index (χ1v) is 10.8. The van der Waals surface area contributed by atoms with Gasteiger partial charge >= 0.3 is 0 Å². The van der Waals surface area contributed by atoms with Crippen LogP contribution in [0.2, 0.25) is 5.02 Å². The Bertz CT molecular complexity index is 604. The molecule has 1 aliphatic heterocycles. The summed E-state index contributed by atoms with van der Waals surface area (Å²) in [5.74, 6) is 0.112. The van der Waals surface area contributed by atoms with Crippen LogP contribution in [0, 0.1) is 0 Å². The fourth-order valence-electron chi connectivity index (χ4n) is 4.76. The van der Waals surface area contributed by atoms with E-state index in [1.807, 2.05) is 43.3 Å². The molecule has 1 unspecified atom stereocenters. The minimum atomic E-state index is -0.289. The SMILES string of the molecule is CN(C)C(C(=O)NC1(CN2CCCCC2)CCCCC1)c1ccc(Cl)cc1. The number of likely N-dealkylation sites (tertiary alicyclic amines) is 1. The molecule has 5 heteroatoms. The highest BCUT2D eigenvalue weighted by molar-refractivity contribution is 6.30. The number of hydrogen-bond donors (Lipinski definition) is 1. The van der Waals surface area contributed by atoms with Crippen LogP contribution in [0.15, 0.2) is 24.3 Å². The van der Waals surface area contributed by atoms with E-state index in [2.05, 4.69) is 10.2 Å². The number of rotatable bonds is 6. The second-order valence-corrected chi connectivity index (χ2v) is 9.02. The largest absolute Gasteiger partial charge is 0.348 e. The van der Waals surface area contributed by atoms with Crippen molar-refractivity contribution in [2.45, 2.75) is 62.9 Å². The van der Waals surface area contributed by atoms with E-state index in [4.69, 9.17) is 11.6 Å². The van der Waals surface area contributed by atoms with Gasteiger partial charge in [0, 0.05) is 11.6 Å². The topological polar surface area (TPSA) is 35.6 Å². The summed E-state index contributed by atoms with van der Waals surface area (Å²) in [5.41, 5.74) is 0.915. The molecule has 27 heavy (non-hydrogen) atoms. The van der Waals surface area contributed by atoms with Gasteiger partial charge in [-0.05, 0) is 70.6 Å². The molecule has 0 aromatic heterocycles. The molecule has 0 bridgehead atoms. The van der Waals surface area contributed by atoms with Gasteiger partial charge < -0.3 is 10.2 Å². The van der Waals surface area contributed by atoms with Gasteiger partial charge in [-0.2, -0.15) is 0 Å². The number of hydrogen-bond acceptors (Lipinski definition) is 3. The number of nitrogens with zero attached hydrogens (tertiary/aromatic N) is 2. The molecular weight excluding hydrogens is 358 g/mol. The summed E-state index contributed by atoms with van der Waals surface area (Å²) in [5, 5.41) is 4.22. The molecule has 1 heterocycles. The Morgan fingerprint density at radius 3 is 2.26 bits per heavy atom. The van der Waals surface area contributed by atoms with Gasteiger partial charge in [-0.15, -0.1) is 0 Å². The van der Waals surface area contributed by atoms with Crippen LogP contribution in [-0.2, 0) is 4.79 Å². The minimum absolute atomic E-state index is 0.0760. The van der Waals surface area contributed by atoms with Crippen LogP contribution in [0.25, 0.3) is 0 Å². The zero-order valence-corrected chi connectivity index (χ0v) is 17.6. The lowest BCUT2D eigenvalue weighted by atomic mass is 9.80. The molecule has 1 saturated heterocycles. The second-order valence-electron chi connectivity index (χ2n) is 8.58. The average Bonchev–Trinajstić information content (AvgIpc) is 2.64. The van der Waals surface area contributed by atoms with E-state index < -0.39 is 0 Å². The molecule has 3 rings (SSSR count). The number of amides is 1. The standard InChI is InChI=1S/C22H34ClN3O/c1-25(2)20(18-9-11-19(23)12-10-18)21(27)24-22(13-5-3-6-14-22)17-26-15-7-4-8-16-26/h9-12,20H,3-8,13-17H2,1-2H3,(H,24,27). The Morgan fingerprint density at radius 1 is 1.07 bits per heavy atom. The summed E-state index contributed by atoms with van der Waals surface area (Å²) < 4.78 is 0. The molecule has 1 aromatic carbocycles. The van der Waals surface area contributed by atoms with Crippen LogP contribution < -0.4 is 5.32 Å². The Balaban J connectivity index is 1.76. The van der Waals surface area contributed by atoms with Gasteiger partial charge in [-0.25, -0.2) is 0 Å². The Hall–Kier alpha value is -1.10. The molecule has 2 fully saturated rings. The van der Waals surface area contributed by atoms with E-state index in [1.54, 1.807) is 0 Å². The maximum Gasteiger partial charge on any atom is 0.242 e. The number of carbonyl (C=O) groups excluding carboxylic acids is 1. The van der Waals surface area contributed by atoms with Crippen molar-refractivity contribution in [1.82, 2.24) is 15.1 Å². The Kier molecular flexibility index (Phi) is 7.18. The first kappa shape index (κ1) is 20.6. The first-order chi connectivity index (χ1) is 13.0. The van der Waals surface area contributed by atoms with Crippen LogP contribution in [0.5, 0.6) is 0 Å². The molecule has 4 nitrogen and oxygen atoms in total. The molecule has 0 radical (unpaired) electrons. The maximum atomic E-state index is 13.4. The van der Waals surface area contributed by atoms with Crippen molar-refractivity contribution in [3.05, 3.63) is 34.9 Å². The Morgan fingerprint density at radius 2 is 1.67 bits per heavy atom. The normalized spacial score (nSPS) is 21.8. The van der Waals surface area contributed by atoms with Gasteiger partial charge in [-0.1, -0.05) is 49.4 Å². The molecule has 150 valence electrons. The number of likely N-dealkylation sites (N-methyl/N-ethyl adjacent to an activating group) is 1. The highest BCUT2D eigenvalue weighted by Gasteiger charge is 2.38. The number of benzene rings is 1. The van der Waals surface area contributed by atoms with Gasteiger partial charge in [0.2, 0.25) is 5.91 Å². The van der Waals surface area contributed by atoms with Gasteiger partial charge in [0.05, 0.1) is 5.54 Å². The predicted molar refractivity (Wildman–Crippen MR) is 112 cm³/mol. The van der Waals surface area contributed by atoms with Gasteiger partial charge in [0.1, 0.15) is 6.04 Å². The smallest absolute Gasteiger partial charge is 0.242 e. The number of halogens is 1. The fraction of sp³-hybridized carbons (Fsp3) is 0.682. The molecule has 1 aromatic rings. The van der Waals surface area contributed by atoms with Crippen LogP contribution >= 0.6 is 11.6 Å². The highest BCUT2D eigenvalue weighted by Crippen LogP contribution is 2.31. The lowest BCUT2D eigenvalue weighted by Crippen LogP contribution is -2.58. The third-order valence-electron chi connectivity index (χ3n) is 6.12. The van der Waals surface area contributed by atoms with E-state index in [0.717, 1.165) is 24.9 Å². The fourth-order valence-corrected chi connectivity index (χ4v) is 4.88. The molecule has 2 aliphatic rings. The molecule has 1 atom stereocenters. The molecular formula is C22H34ClN3O. The molecule has 1 N–H and O–H groups in total. The lowest BCUT2D eigenvalue weighted by molar-refractivity contribution is -0.128. The molecule has 1 saturated carbocycles. The summed E-state index contributed by atoms with van der Waals surface area (Å²) in [6.45, 7) is 3.34. The van der Waals surface area contributed by atoms with Crippen molar-refractivity contribution >= 4 is 17.5 Å². The third-order valence-corrected chi connectivity index (χ3v) is 6.38. The zero-order valence-electron chi connectivity index (χ0n) is 16.8. The van der Waals surface area contributed by atoms with Crippen LogP contribution in [0.3, 0.4) is 0 Å². The summed E-state index contributed by atoms with van der Waals surface area (Å²) in [6.07, 6.45) is 9.81. The summed E-state index contributed by atoms with van der Waals surface area (Å²) in [4.78, 5) is 17.9. The van der Waals surface area contributed by atoms with E-state index in [-0.39, 0.29) is 17.5 Å². The predicted octanol–water partition coefficient (Wildman–Crippen LogP) is 4.25. The van der Waals surface area contributed by atoms with Crippen molar-refractivity contribution < 1.29 is 4.79 Å². The van der Waals surface area contributed by atoms with Crippen molar-refractivity contribution in [1.29, 1.82) is 0 Å². The monoisotopic (exact) mass is 391 g/mol. The van der Waals surface area contributed by atoms with Crippen molar-refractivity contribution in [3.63, 3.8) is 0 Å². The molecule has 1 aliphatic carbocycles. The van der Waals surface area contributed by atoms with Gasteiger partial charge in [0.15, 0.2) is 0 Å². The van der Waals surface area contributed by atoms with Gasteiger partial charge in [0.25, 0.3) is 0 Å². The summed E-state index contributed by atoms with van der Waals surface area (Å²) >= 11 is 6.04. The third kappa shape index (κ3) is 5.46. The molecule has 1 amide bonds. The van der Waals surface area contributed by atoms with Gasteiger partial charge in [-0.3, -0.25) is 9.69 Å². The van der Waals surface area contributed by atoms with E-state index >= 15 is 0 Å². The van der Waals surface area contributed by atoms with E-state index in [1.165, 1.54) is 51.6 Å². The van der Waals surface area contributed by atoms with Crippen LogP contribution in [-0.4, -0.2) is 55.0 Å². The first-order valence-electron chi connectivity index (χ1n) is 10.5. The van der Waals surface area contributed by atoms with E-state index in [0.29, 0.717) is 5.02 Å². The summed E-state index contributed by atoms with van der Waals surface area (Å²) in [6, 6.07) is 7.37. The minimum Gasteiger partial charge on any atom is -0.348 e. The van der Waals surface area contributed by atoms with Crippen molar-refractivity contribution in [2.75, 3.05) is 33.7 Å².